The minimum Gasteiger partial charge on any atom is -0.346 e. The van der Waals surface area contributed by atoms with Crippen molar-refractivity contribution in [2.45, 2.75) is 12.3 Å². The third-order valence-corrected chi connectivity index (χ3v) is 4.34. The molecule has 9 nitrogen and oxygen atoms in total. The van der Waals surface area contributed by atoms with Gasteiger partial charge in [0.1, 0.15) is 0 Å². The van der Waals surface area contributed by atoms with E-state index in [0.29, 0.717) is 24.0 Å². The lowest BCUT2D eigenvalue weighted by Crippen LogP contribution is -2.49. The number of aromatic nitrogens is 4. The summed E-state index contributed by atoms with van der Waals surface area (Å²) in [6, 6.07) is 1.80. The zero-order valence-corrected chi connectivity index (χ0v) is 14.9. The molecule has 0 spiro atoms. The lowest BCUT2D eigenvalue weighted by atomic mass is 10.3. The number of anilines is 1. The van der Waals surface area contributed by atoms with Gasteiger partial charge in [-0.1, -0.05) is 5.16 Å². The Hall–Kier alpha value is -2.20. The molecule has 0 bridgehead atoms. The number of amides is 1. The Bertz CT molecular complexity index is 674. The largest absolute Gasteiger partial charge is 0.346 e. The molecule has 1 amide bonds. The number of carbonyl (C=O) groups excluding carboxylic acids is 1. The lowest BCUT2D eigenvalue weighted by Gasteiger charge is -2.34. The van der Waals surface area contributed by atoms with E-state index in [9.17, 15) is 4.79 Å². The van der Waals surface area contributed by atoms with E-state index in [4.69, 9.17) is 4.52 Å². The van der Waals surface area contributed by atoms with E-state index in [-0.39, 0.29) is 12.5 Å². The molecule has 134 valence electrons. The Morgan fingerprint density at radius 2 is 2.04 bits per heavy atom. The van der Waals surface area contributed by atoms with Crippen molar-refractivity contribution in [2.24, 2.45) is 0 Å². The molecule has 0 unspecified atom stereocenters. The van der Waals surface area contributed by atoms with Crippen molar-refractivity contribution >= 4 is 23.6 Å². The van der Waals surface area contributed by atoms with Crippen LogP contribution in [0.4, 0.5) is 5.95 Å². The Balaban J connectivity index is 1.39. The molecule has 1 saturated heterocycles. The predicted octanol–water partition coefficient (Wildman–Crippen LogP) is 0.161. The van der Waals surface area contributed by atoms with Crippen molar-refractivity contribution in [1.29, 1.82) is 0 Å². The van der Waals surface area contributed by atoms with Gasteiger partial charge in [-0.05, 0) is 12.3 Å². The predicted molar refractivity (Wildman–Crippen MR) is 94.0 cm³/mol. The normalized spacial score (nSPS) is 15.3. The van der Waals surface area contributed by atoms with Crippen LogP contribution in [-0.2, 0) is 17.1 Å². The van der Waals surface area contributed by atoms with Gasteiger partial charge in [-0.2, -0.15) is 16.7 Å². The summed E-state index contributed by atoms with van der Waals surface area (Å²) >= 11 is 1.62. The number of carbonyl (C=O) groups is 1. The van der Waals surface area contributed by atoms with Gasteiger partial charge in [-0.25, -0.2) is 9.97 Å². The first-order valence-electron chi connectivity index (χ1n) is 8.06. The molecule has 0 atom stereocenters. The first-order chi connectivity index (χ1) is 12.2. The fourth-order valence-electron chi connectivity index (χ4n) is 2.54. The molecule has 0 saturated carbocycles. The summed E-state index contributed by atoms with van der Waals surface area (Å²) in [7, 11) is 0. The van der Waals surface area contributed by atoms with Crippen LogP contribution in [-0.4, -0.2) is 69.9 Å². The maximum Gasteiger partial charge on any atom is 0.246 e. The maximum absolute atomic E-state index is 12.1. The van der Waals surface area contributed by atoms with Crippen LogP contribution < -0.4 is 10.2 Å². The third-order valence-electron chi connectivity index (χ3n) is 3.79. The Labute approximate surface area is 150 Å². The van der Waals surface area contributed by atoms with Crippen molar-refractivity contribution in [1.82, 2.24) is 30.3 Å². The van der Waals surface area contributed by atoms with Crippen LogP contribution in [0.15, 0.2) is 23.0 Å². The van der Waals surface area contributed by atoms with E-state index < -0.39 is 0 Å². The van der Waals surface area contributed by atoms with Gasteiger partial charge < -0.3 is 14.7 Å². The fourth-order valence-corrected chi connectivity index (χ4v) is 2.92. The van der Waals surface area contributed by atoms with E-state index in [1.807, 2.05) is 6.26 Å². The number of hydrogen-bond acceptors (Lipinski definition) is 9. The minimum atomic E-state index is -0.0472. The quantitative estimate of drug-likeness (QED) is 0.737. The summed E-state index contributed by atoms with van der Waals surface area (Å²) in [5, 5.41) is 6.67. The molecule has 2 aromatic heterocycles. The molecule has 3 rings (SSSR count). The molecule has 2 aromatic rings. The second-order valence-corrected chi connectivity index (χ2v) is 6.49. The van der Waals surface area contributed by atoms with Crippen LogP contribution in [0.25, 0.3) is 0 Å². The van der Waals surface area contributed by atoms with Crippen molar-refractivity contribution < 1.29 is 9.32 Å². The lowest BCUT2D eigenvalue weighted by molar-refractivity contribution is -0.122. The topological polar surface area (TPSA) is 100 Å². The summed E-state index contributed by atoms with van der Waals surface area (Å²) in [6.07, 6.45) is 5.45. The molecule has 25 heavy (non-hydrogen) atoms. The molecule has 10 heteroatoms. The van der Waals surface area contributed by atoms with Gasteiger partial charge in [0.25, 0.3) is 0 Å². The Morgan fingerprint density at radius 1 is 1.28 bits per heavy atom. The van der Waals surface area contributed by atoms with Gasteiger partial charge in [0.15, 0.2) is 5.82 Å². The summed E-state index contributed by atoms with van der Waals surface area (Å²) < 4.78 is 5.10. The Kier molecular flexibility index (Phi) is 6.18. The first kappa shape index (κ1) is 17.6. The summed E-state index contributed by atoms with van der Waals surface area (Å²) in [6.45, 7) is 3.82. The van der Waals surface area contributed by atoms with Gasteiger partial charge >= 0.3 is 0 Å². The standard InChI is InChI=1S/C15H21N7O2S/c1-25-11-12-19-14(24-20-12)9-18-13(23)10-21-5-7-22(8-6-21)15-16-3-2-4-17-15/h2-4H,5-11H2,1H3,(H,18,23). The number of thioether (sulfide) groups is 1. The van der Waals surface area contributed by atoms with E-state index in [0.717, 1.165) is 32.1 Å². The average molecular weight is 363 g/mol. The monoisotopic (exact) mass is 363 g/mol. The van der Waals surface area contributed by atoms with Crippen molar-refractivity contribution in [2.75, 3.05) is 43.9 Å². The van der Waals surface area contributed by atoms with Gasteiger partial charge in [0, 0.05) is 38.6 Å². The number of nitrogens with one attached hydrogen (secondary N) is 1. The van der Waals surface area contributed by atoms with E-state index >= 15 is 0 Å². The molecule has 1 aliphatic rings. The second-order valence-electron chi connectivity index (χ2n) is 5.63. The number of hydrogen-bond donors (Lipinski definition) is 1. The maximum atomic E-state index is 12.1. The van der Waals surface area contributed by atoms with Crippen LogP contribution in [0.5, 0.6) is 0 Å². The van der Waals surface area contributed by atoms with E-state index in [1.54, 1.807) is 30.2 Å². The molecule has 0 aromatic carbocycles. The number of nitrogens with zero attached hydrogens (tertiary/aromatic N) is 6. The molecule has 3 heterocycles. The molecule has 0 aliphatic carbocycles. The number of rotatable bonds is 7. The van der Waals surface area contributed by atoms with Crippen molar-refractivity contribution in [3.8, 4) is 0 Å². The molecular formula is C15H21N7O2S. The molecule has 1 aliphatic heterocycles. The molecule has 0 radical (unpaired) electrons. The smallest absolute Gasteiger partial charge is 0.246 e. The molecule has 1 fully saturated rings. The highest BCUT2D eigenvalue weighted by Gasteiger charge is 2.20. The second kappa shape index (κ2) is 8.77. The van der Waals surface area contributed by atoms with Crippen LogP contribution in [0.1, 0.15) is 11.7 Å². The van der Waals surface area contributed by atoms with Crippen LogP contribution in [0.2, 0.25) is 0 Å². The summed E-state index contributed by atoms with van der Waals surface area (Å²) in [5.41, 5.74) is 0. The summed E-state index contributed by atoms with van der Waals surface area (Å²) in [4.78, 5) is 29.1. The molecule has 1 N–H and O–H groups in total. The summed E-state index contributed by atoms with van der Waals surface area (Å²) in [5.74, 6) is 2.48. The SMILES string of the molecule is CSCc1noc(CNC(=O)CN2CCN(c3ncccn3)CC2)n1. The highest BCUT2D eigenvalue weighted by Crippen LogP contribution is 2.09. The first-order valence-corrected chi connectivity index (χ1v) is 9.45. The van der Waals surface area contributed by atoms with Crippen molar-refractivity contribution in [3.05, 3.63) is 30.2 Å². The fraction of sp³-hybridized carbons (Fsp3) is 0.533. The zero-order valence-electron chi connectivity index (χ0n) is 14.1. The van der Waals surface area contributed by atoms with Gasteiger partial charge in [0.05, 0.1) is 18.8 Å². The minimum absolute atomic E-state index is 0.0472. The van der Waals surface area contributed by atoms with Crippen LogP contribution >= 0.6 is 11.8 Å². The molecular weight excluding hydrogens is 342 g/mol. The van der Waals surface area contributed by atoms with Crippen LogP contribution in [0.3, 0.4) is 0 Å². The Morgan fingerprint density at radius 3 is 2.76 bits per heavy atom. The van der Waals surface area contributed by atoms with E-state index in [2.05, 4.69) is 35.2 Å². The number of piperazine rings is 1. The highest BCUT2D eigenvalue weighted by atomic mass is 32.2. The van der Waals surface area contributed by atoms with Crippen LogP contribution in [0, 0.1) is 0 Å². The van der Waals surface area contributed by atoms with E-state index in [1.165, 1.54) is 0 Å². The third kappa shape index (κ3) is 5.13. The van der Waals surface area contributed by atoms with Gasteiger partial charge in [0.2, 0.25) is 17.7 Å². The average Bonchev–Trinajstić information content (AvgIpc) is 3.09. The zero-order chi connectivity index (χ0) is 17.5. The van der Waals surface area contributed by atoms with Gasteiger partial charge in [-0.15, -0.1) is 0 Å². The van der Waals surface area contributed by atoms with Gasteiger partial charge in [-0.3, -0.25) is 9.69 Å². The highest BCUT2D eigenvalue weighted by molar-refractivity contribution is 7.97. The van der Waals surface area contributed by atoms with Crippen molar-refractivity contribution in [3.63, 3.8) is 0 Å².